The Bertz CT molecular complexity index is 90.7. The monoisotopic (exact) mass is 65.0 g/mol. The Morgan fingerprint density at radius 3 is 2.40 bits per heavy atom. The van der Waals surface area contributed by atoms with Crippen LogP contribution in [0.15, 0.2) is 11.6 Å². The van der Waals surface area contributed by atoms with Gasteiger partial charge in [-0.3, -0.25) is 0 Å². The molecule has 0 bridgehead atoms. The second-order valence-electron chi connectivity index (χ2n) is 0.399. The summed E-state index contributed by atoms with van der Waals surface area (Å²) in [6.07, 6.45) is 4.62. The molecule has 0 heterocycles. The van der Waals surface area contributed by atoms with Crippen molar-refractivity contribution in [2.45, 2.75) is 0 Å². The van der Waals surface area contributed by atoms with E-state index in [1.54, 1.807) is 0 Å². The highest BCUT2D eigenvalue weighted by Gasteiger charge is 1.32. The van der Waals surface area contributed by atoms with Gasteiger partial charge in [0, 0.05) is 6.04 Å². The summed E-state index contributed by atoms with van der Waals surface area (Å²) in [5, 5.41) is 0. The second kappa shape index (κ2) is 3.01. The summed E-state index contributed by atoms with van der Waals surface area (Å²) in [7, 11) is 0. The van der Waals surface area contributed by atoms with Gasteiger partial charge < -0.3 is 0 Å². The van der Waals surface area contributed by atoms with Gasteiger partial charge in [0.2, 0.25) is 0 Å². The Morgan fingerprint density at radius 2 is 2.40 bits per heavy atom. The van der Waals surface area contributed by atoms with Crippen LogP contribution in [0.3, 0.4) is 0 Å². The van der Waals surface area contributed by atoms with Gasteiger partial charge in [-0.1, -0.05) is 6.42 Å². The lowest BCUT2D eigenvalue weighted by Crippen LogP contribution is -1.36. The van der Waals surface area contributed by atoms with Crippen LogP contribution in [0, 0.1) is 12.5 Å². The fraction of sp³-hybridized carbons (Fsp3) is 0. The summed E-state index contributed by atoms with van der Waals surface area (Å²) in [6, 6.07) is 1.97. The fourth-order valence-corrected chi connectivity index (χ4v) is 0.0456. The molecule has 0 atom stereocenters. The second-order valence-corrected chi connectivity index (χ2v) is 0.399. The lowest BCUT2D eigenvalue weighted by atomic mass is 11.1. The Morgan fingerprint density at radius 1 is 1.80 bits per heavy atom. The third kappa shape index (κ3) is 3.01. The molecule has 0 saturated heterocycles. The van der Waals surface area contributed by atoms with E-state index < -0.39 is 0 Å². The smallest absolute Gasteiger partial charge is 0.0406 e. The lowest BCUT2D eigenvalue weighted by molar-refractivity contribution is 1.75. The molecule has 0 unspecified atom stereocenters. The van der Waals surface area contributed by atoms with Gasteiger partial charge in [0.15, 0.2) is 0 Å². The first-order valence-electron chi connectivity index (χ1n) is 1.09. The van der Waals surface area contributed by atoms with E-state index in [4.69, 9.17) is 0 Å². The maximum absolute atomic E-state index is 4.62. The third-order valence-electron chi connectivity index (χ3n) is 0.144. The summed E-state index contributed by atoms with van der Waals surface area (Å²) in [5.41, 5.74) is 0. The molecule has 0 aliphatic carbocycles. The fourth-order valence-electron chi connectivity index (χ4n) is 0.0456. The molecule has 0 aliphatic heterocycles. The van der Waals surface area contributed by atoms with Crippen LogP contribution in [0.1, 0.15) is 0 Å². The number of aliphatic imine (C=N–C) groups is 1. The van der Waals surface area contributed by atoms with Crippen molar-refractivity contribution in [1.82, 2.24) is 0 Å². The highest BCUT2D eigenvalue weighted by Crippen LogP contribution is 1.42. The van der Waals surface area contributed by atoms with E-state index in [0.717, 1.165) is 0 Å². The van der Waals surface area contributed by atoms with E-state index >= 15 is 0 Å². The first kappa shape index (κ1) is 4.01. The number of hydrogen-bond donors (Lipinski definition) is 0. The molecule has 0 aromatic rings. The van der Waals surface area contributed by atoms with Crippen molar-refractivity contribution < 1.29 is 0 Å². The van der Waals surface area contributed by atoms with Crippen LogP contribution in [0.4, 0.5) is 0 Å². The van der Waals surface area contributed by atoms with Gasteiger partial charge >= 0.3 is 0 Å². The molecule has 1 heteroatoms. The van der Waals surface area contributed by atoms with E-state index in [0.29, 0.717) is 0 Å². The summed E-state index contributed by atoms with van der Waals surface area (Å²) < 4.78 is 0. The maximum Gasteiger partial charge on any atom is 0.0406 e. The van der Waals surface area contributed by atoms with Crippen LogP contribution in [-0.2, 0) is 0 Å². The summed E-state index contributed by atoms with van der Waals surface area (Å²) >= 11 is 0. The van der Waals surface area contributed by atoms with Crippen molar-refractivity contribution in [3.05, 3.63) is 6.58 Å². The molecular weight excluding hydrogens is 62.1 g/mol. The minimum atomic E-state index is 1.97. The van der Waals surface area contributed by atoms with Crippen LogP contribution < -0.4 is 0 Å². The van der Waals surface area contributed by atoms with E-state index in [-0.39, 0.29) is 0 Å². The van der Waals surface area contributed by atoms with Crippen molar-refractivity contribution in [2.75, 3.05) is 0 Å². The van der Waals surface area contributed by atoms with E-state index in [9.17, 15) is 0 Å². The molecule has 0 N–H and O–H groups in total. The van der Waals surface area contributed by atoms with Crippen molar-refractivity contribution >= 4 is 5.87 Å². The first-order valence-corrected chi connectivity index (χ1v) is 1.09. The van der Waals surface area contributed by atoms with Gasteiger partial charge in [-0.25, -0.2) is 0 Å². The summed E-state index contributed by atoms with van der Waals surface area (Å²) in [4.78, 5) is 3.14. The normalized spacial score (nSPS) is 3.80. The molecule has 24 valence electrons. The average Bonchev–Trinajstić information content (AvgIpc) is 1.41. The predicted octanol–water partition coefficient (Wildman–Crippen LogP) is 0.433. The van der Waals surface area contributed by atoms with E-state index in [1.165, 1.54) is 0 Å². The van der Waals surface area contributed by atoms with Gasteiger partial charge in [-0.05, 0) is 12.4 Å². The molecule has 0 amide bonds. The average molecular weight is 65.1 g/mol. The zero-order valence-electron chi connectivity index (χ0n) is 2.73. The summed E-state index contributed by atoms with van der Waals surface area (Å²) in [5.74, 6) is 2.16. The molecule has 0 aromatic carbocycles. The third-order valence-corrected chi connectivity index (χ3v) is 0.144. The first-order chi connectivity index (χ1) is 2.41. The van der Waals surface area contributed by atoms with Crippen LogP contribution >= 0.6 is 0 Å². The SMILES string of the molecule is C#CN=C=C. The van der Waals surface area contributed by atoms with E-state index in [1.807, 2.05) is 6.04 Å². The summed E-state index contributed by atoms with van der Waals surface area (Å²) in [6.45, 7) is 3.12. The molecule has 0 aliphatic rings. The zero-order chi connectivity index (χ0) is 4.12. The molecular formula is C4H3N. The van der Waals surface area contributed by atoms with Crippen molar-refractivity contribution in [1.29, 1.82) is 0 Å². The minimum Gasteiger partial charge on any atom is -0.155 e. The number of terminal acetylenes is 1. The molecule has 1 nitrogen and oxygen atoms in total. The quantitative estimate of drug-likeness (QED) is 0.287. The number of rotatable bonds is 0. The van der Waals surface area contributed by atoms with Gasteiger partial charge in [0.1, 0.15) is 0 Å². The molecule has 5 heavy (non-hydrogen) atoms. The van der Waals surface area contributed by atoms with Crippen molar-refractivity contribution in [3.8, 4) is 12.5 Å². The van der Waals surface area contributed by atoms with Crippen LogP contribution in [0.2, 0.25) is 0 Å². The molecule has 0 aromatic heterocycles. The number of nitrogens with zero attached hydrogens (tertiary/aromatic N) is 1. The van der Waals surface area contributed by atoms with E-state index in [2.05, 4.69) is 23.9 Å². The van der Waals surface area contributed by atoms with Gasteiger partial charge in [0.25, 0.3) is 0 Å². The van der Waals surface area contributed by atoms with Gasteiger partial charge in [-0.15, -0.1) is 0 Å². The lowest BCUT2D eigenvalue weighted by Gasteiger charge is -1.44. The highest BCUT2D eigenvalue weighted by atomic mass is 14.6. The Labute approximate surface area is 31.0 Å². The Hall–Kier alpha value is -0.990. The molecule has 0 fully saturated rings. The largest absolute Gasteiger partial charge is 0.155 e. The Kier molecular flexibility index (Phi) is 2.41. The highest BCUT2D eigenvalue weighted by molar-refractivity contribution is 5.48. The number of hydrogen-bond acceptors (Lipinski definition) is 1. The van der Waals surface area contributed by atoms with Crippen LogP contribution in [0.25, 0.3) is 0 Å². The van der Waals surface area contributed by atoms with Crippen molar-refractivity contribution in [2.24, 2.45) is 4.99 Å². The topological polar surface area (TPSA) is 12.4 Å². The minimum absolute atomic E-state index is 1.97. The van der Waals surface area contributed by atoms with Crippen LogP contribution in [-0.4, -0.2) is 5.87 Å². The maximum atomic E-state index is 4.62. The Balaban J connectivity index is 3.46. The zero-order valence-corrected chi connectivity index (χ0v) is 2.73. The van der Waals surface area contributed by atoms with Crippen LogP contribution in [0.5, 0.6) is 0 Å². The standard InChI is InChI=1S/C4H3N/c1-3-5-4-2/h1H,2H2. The predicted molar refractivity (Wildman–Crippen MR) is 21.9 cm³/mol. The van der Waals surface area contributed by atoms with Gasteiger partial charge in [0.05, 0.1) is 0 Å². The molecule has 0 saturated carbocycles. The molecule has 0 rings (SSSR count). The molecule has 0 radical (unpaired) electrons. The molecule has 0 spiro atoms. The van der Waals surface area contributed by atoms with Gasteiger partial charge in [-0.2, -0.15) is 4.99 Å². The van der Waals surface area contributed by atoms with Crippen molar-refractivity contribution in [3.63, 3.8) is 0 Å².